The Balaban J connectivity index is 1.94. The summed E-state index contributed by atoms with van der Waals surface area (Å²) in [5.41, 5.74) is 0.828. The summed E-state index contributed by atoms with van der Waals surface area (Å²) in [6.45, 7) is 1.91. The molecule has 0 bridgehead atoms. The highest BCUT2D eigenvalue weighted by molar-refractivity contribution is 6.31. The highest BCUT2D eigenvalue weighted by Gasteiger charge is 2.36. The van der Waals surface area contributed by atoms with Crippen LogP contribution in [0.5, 0.6) is 0 Å². The summed E-state index contributed by atoms with van der Waals surface area (Å²) in [6, 6.07) is 5.92. The molecule has 21 heavy (non-hydrogen) atoms. The zero-order valence-electron chi connectivity index (χ0n) is 12.1. The summed E-state index contributed by atoms with van der Waals surface area (Å²) in [6.07, 6.45) is 3.33. The molecule has 0 saturated carbocycles. The van der Waals surface area contributed by atoms with E-state index in [1.54, 1.807) is 12.1 Å². The third kappa shape index (κ3) is 2.00. The van der Waals surface area contributed by atoms with Gasteiger partial charge in [-0.2, -0.15) is 0 Å². The average Bonchev–Trinajstić information content (AvgIpc) is 2.48. The molecule has 0 amide bonds. The molecule has 1 aromatic carbocycles. The van der Waals surface area contributed by atoms with E-state index in [9.17, 15) is 4.79 Å². The minimum atomic E-state index is 0.0594. The lowest BCUT2D eigenvalue weighted by molar-refractivity contribution is 0.123. The van der Waals surface area contributed by atoms with Crippen LogP contribution in [-0.2, 0) is 6.54 Å². The number of benzene rings is 1. The Morgan fingerprint density at radius 3 is 3.00 bits per heavy atom. The normalized spacial score (nSPS) is 25.6. The average molecular weight is 304 g/mol. The molecule has 4 rings (SSSR count). The highest BCUT2D eigenvalue weighted by atomic mass is 35.5. The number of rotatable bonds is 0. The van der Waals surface area contributed by atoms with Gasteiger partial charge in [-0.25, -0.2) is 4.98 Å². The minimum Gasteiger partial charge on any atom is -0.303 e. The second-order valence-corrected chi connectivity index (χ2v) is 6.61. The van der Waals surface area contributed by atoms with Gasteiger partial charge in [-0.3, -0.25) is 9.36 Å². The fourth-order valence-corrected chi connectivity index (χ4v) is 4.09. The number of piperidine rings is 1. The Morgan fingerprint density at radius 1 is 1.29 bits per heavy atom. The van der Waals surface area contributed by atoms with Gasteiger partial charge >= 0.3 is 0 Å². The molecule has 2 aliphatic rings. The van der Waals surface area contributed by atoms with E-state index < -0.39 is 0 Å². The van der Waals surface area contributed by atoms with Crippen LogP contribution >= 0.6 is 11.6 Å². The summed E-state index contributed by atoms with van der Waals surface area (Å²) in [5, 5.41) is 1.22. The largest absolute Gasteiger partial charge is 0.303 e. The van der Waals surface area contributed by atoms with Crippen molar-refractivity contribution in [2.45, 2.75) is 37.8 Å². The van der Waals surface area contributed by atoms with Crippen LogP contribution in [0.4, 0.5) is 0 Å². The van der Waals surface area contributed by atoms with Gasteiger partial charge < -0.3 is 4.90 Å². The molecule has 0 spiro atoms. The molecule has 4 nitrogen and oxygen atoms in total. The lowest BCUT2D eigenvalue weighted by Crippen LogP contribution is -2.47. The number of hydrogen-bond acceptors (Lipinski definition) is 3. The summed E-state index contributed by atoms with van der Waals surface area (Å²) < 4.78 is 1.87. The van der Waals surface area contributed by atoms with Gasteiger partial charge in [-0.1, -0.05) is 11.6 Å². The molecule has 1 saturated heterocycles. The van der Waals surface area contributed by atoms with E-state index in [2.05, 4.69) is 11.9 Å². The van der Waals surface area contributed by atoms with Crippen molar-refractivity contribution in [2.75, 3.05) is 13.6 Å². The molecule has 0 radical (unpaired) electrons. The standard InChI is InChI=1S/C16H18ClN3O/c1-19-7-2-3-11-14(19)6-8-20-15(11)18-13-5-4-10(17)9-12(13)16(20)21/h4-5,9,11,14H,2-3,6-8H2,1H3/t11-,14-/m1/s1. The van der Waals surface area contributed by atoms with Crippen molar-refractivity contribution in [3.8, 4) is 0 Å². The van der Waals surface area contributed by atoms with Crippen LogP contribution in [-0.4, -0.2) is 34.1 Å². The molecule has 5 heteroatoms. The number of likely N-dealkylation sites (tertiary alicyclic amines) is 1. The molecular weight excluding hydrogens is 286 g/mol. The maximum absolute atomic E-state index is 12.7. The molecule has 2 aromatic rings. The van der Waals surface area contributed by atoms with Crippen molar-refractivity contribution in [1.82, 2.24) is 14.5 Å². The molecule has 3 heterocycles. The Hall–Kier alpha value is -1.39. The smallest absolute Gasteiger partial charge is 0.261 e. The van der Waals surface area contributed by atoms with Crippen LogP contribution in [0.25, 0.3) is 10.9 Å². The first-order valence-corrected chi connectivity index (χ1v) is 7.93. The first-order valence-electron chi connectivity index (χ1n) is 7.55. The van der Waals surface area contributed by atoms with Crippen LogP contribution in [0.3, 0.4) is 0 Å². The van der Waals surface area contributed by atoms with E-state index in [-0.39, 0.29) is 5.56 Å². The topological polar surface area (TPSA) is 38.1 Å². The number of likely N-dealkylation sites (N-methyl/N-ethyl adjacent to an activating group) is 1. The summed E-state index contributed by atoms with van der Waals surface area (Å²) in [7, 11) is 2.19. The fourth-order valence-electron chi connectivity index (χ4n) is 3.92. The van der Waals surface area contributed by atoms with E-state index >= 15 is 0 Å². The van der Waals surface area contributed by atoms with Gasteiger partial charge in [0, 0.05) is 23.5 Å². The van der Waals surface area contributed by atoms with Gasteiger partial charge in [-0.15, -0.1) is 0 Å². The summed E-state index contributed by atoms with van der Waals surface area (Å²) >= 11 is 6.02. The Labute approximate surface area is 128 Å². The first-order chi connectivity index (χ1) is 10.1. The van der Waals surface area contributed by atoms with Crippen molar-refractivity contribution < 1.29 is 0 Å². The minimum absolute atomic E-state index is 0.0594. The lowest BCUT2D eigenvalue weighted by atomic mass is 9.84. The van der Waals surface area contributed by atoms with Crippen molar-refractivity contribution in [2.24, 2.45) is 0 Å². The van der Waals surface area contributed by atoms with Crippen molar-refractivity contribution >= 4 is 22.5 Å². The third-order valence-electron chi connectivity index (χ3n) is 4.98. The summed E-state index contributed by atoms with van der Waals surface area (Å²) in [5.74, 6) is 1.35. The van der Waals surface area contributed by atoms with E-state index in [4.69, 9.17) is 16.6 Å². The molecule has 1 aromatic heterocycles. The second-order valence-electron chi connectivity index (χ2n) is 6.17. The number of nitrogens with zero attached hydrogens (tertiary/aromatic N) is 3. The van der Waals surface area contributed by atoms with E-state index in [1.165, 1.54) is 6.42 Å². The predicted molar refractivity (Wildman–Crippen MR) is 84.0 cm³/mol. The number of hydrogen-bond donors (Lipinski definition) is 0. The van der Waals surface area contributed by atoms with Crippen LogP contribution in [0, 0.1) is 0 Å². The zero-order valence-corrected chi connectivity index (χ0v) is 12.8. The quantitative estimate of drug-likeness (QED) is 0.751. The highest BCUT2D eigenvalue weighted by Crippen LogP contribution is 2.36. The Kier molecular flexibility index (Phi) is 3.05. The van der Waals surface area contributed by atoms with Gasteiger partial charge in [0.25, 0.3) is 5.56 Å². The monoisotopic (exact) mass is 303 g/mol. The predicted octanol–water partition coefficient (Wildman–Crippen LogP) is 2.63. The molecule has 0 unspecified atom stereocenters. The number of aromatic nitrogens is 2. The van der Waals surface area contributed by atoms with Gasteiger partial charge in [0.15, 0.2) is 0 Å². The fraction of sp³-hybridized carbons (Fsp3) is 0.500. The third-order valence-corrected chi connectivity index (χ3v) is 5.22. The summed E-state index contributed by atoms with van der Waals surface area (Å²) in [4.78, 5) is 20.0. The van der Waals surface area contributed by atoms with E-state index in [0.717, 1.165) is 37.3 Å². The van der Waals surface area contributed by atoms with Gasteiger partial charge in [0.05, 0.1) is 10.9 Å². The van der Waals surface area contributed by atoms with E-state index in [1.807, 2.05) is 10.6 Å². The molecule has 2 aliphatic heterocycles. The van der Waals surface area contributed by atoms with Crippen LogP contribution in [0.1, 0.15) is 31.0 Å². The maximum Gasteiger partial charge on any atom is 0.261 e. The van der Waals surface area contributed by atoms with Crippen molar-refractivity contribution in [3.05, 3.63) is 39.4 Å². The van der Waals surface area contributed by atoms with E-state index in [0.29, 0.717) is 22.4 Å². The SMILES string of the molecule is CN1CCC[C@H]2c3nc4ccc(Cl)cc4c(=O)n3CC[C@H]21. The molecule has 0 aliphatic carbocycles. The molecule has 0 N–H and O–H groups in total. The molecule has 1 fully saturated rings. The van der Waals surface area contributed by atoms with Gasteiger partial charge in [0.1, 0.15) is 5.82 Å². The number of halogens is 1. The number of fused-ring (bicyclic) bond motifs is 4. The molecule has 110 valence electrons. The van der Waals surface area contributed by atoms with Crippen LogP contribution in [0.2, 0.25) is 5.02 Å². The first kappa shape index (κ1) is 13.3. The molecular formula is C16H18ClN3O. The van der Waals surface area contributed by atoms with Crippen molar-refractivity contribution in [3.63, 3.8) is 0 Å². The molecule has 2 atom stereocenters. The zero-order chi connectivity index (χ0) is 14.6. The van der Waals surface area contributed by atoms with Crippen LogP contribution in [0.15, 0.2) is 23.0 Å². The van der Waals surface area contributed by atoms with Crippen molar-refractivity contribution in [1.29, 1.82) is 0 Å². The second kappa shape index (κ2) is 4.82. The Morgan fingerprint density at radius 2 is 2.14 bits per heavy atom. The Bertz CT molecular complexity index is 770. The van der Waals surface area contributed by atoms with Crippen LogP contribution < -0.4 is 5.56 Å². The lowest BCUT2D eigenvalue weighted by Gasteiger charge is -2.42. The maximum atomic E-state index is 12.7. The van der Waals surface area contributed by atoms with Gasteiger partial charge in [0.2, 0.25) is 0 Å². The van der Waals surface area contributed by atoms with Gasteiger partial charge in [-0.05, 0) is 51.1 Å².